The lowest BCUT2D eigenvalue weighted by Gasteiger charge is -2.27. The smallest absolute Gasteiger partial charge is 0.0591 e. The van der Waals surface area contributed by atoms with E-state index in [1.165, 1.54) is 44.9 Å². The molecule has 94 valence electrons. The number of hydrogen-bond donors (Lipinski definition) is 1. The van der Waals surface area contributed by atoms with E-state index in [1.54, 1.807) is 0 Å². The number of ether oxygens (including phenoxy) is 1. The second-order valence-electron chi connectivity index (χ2n) is 5.77. The maximum absolute atomic E-state index is 5.64. The molecule has 1 N–H and O–H groups in total. The first-order valence-electron chi connectivity index (χ1n) is 7.15. The first-order valence-corrected chi connectivity index (χ1v) is 7.15. The summed E-state index contributed by atoms with van der Waals surface area (Å²) < 4.78 is 5.64. The summed E-state index contributed by atoms with van der Waals surface area (Å²) in [7, 11) is 0. The summed E-state index contributed by atoms with van der Waals surface area (Å²) >= 11 is 0. The van der Waals surface area contributed by atoms with E-state index in [0.717, 1.165) is 37.6 Å². The zero-order valence-electron chi connectivity index (χ0n) is 10.7. The van der Waals surface area contributed by atoms with Gasteiger partial charge in [0.25, 0.3) is 0 Å². The molecule has 0 aromatic heterocycles. The third kappa shape index (κ3) is 4.84. The molecule has 0 heterocycles. The molecular weight excluding hydrogens is 198 g/mol. The lowest BCUT2D eigenvalue weighted by Crippen LogP contribution is -2.35. The molecule has 2 aliphatic rings. The van der Waals surface area contributed by atoms with Crippen LogP contribution in [0.4, 0.5) is 0 Å². The van der Waals surface area contributed by atoms with E-state index in [1.807, 2.05) is 0 Å². The molecule has 0 aromatic rings. The van der Waals surface area contributed by atoms with Gasteiger partial charge in [0.2, 0.25) is 0 Å². The van der Waals surface area contributed by atoms with Crippen LogP contribution in [0.2, 0.25) is 0 Å². The summed E-state index contributed by atoms with van der Waals surface area (Å²) in [5.41, 5.74) is 0. The van der Waals surface area contributed by atoms with Crippen molar-refractivity contribution in [3.05, 3.63) is 0 Å². The first-order chi connectivity index (χ1) is 7.84. The Morgan fingerprint density at radius 3 is 2.75 bits per heavy atom. The van der Waals surface area contributed by atoms with Crippen LogP contribution in [0.5, 0.6) is 0 Å². The molecule has 2 aliphatic carbocycles. The normalized spacial score (nSPS) is 30.6. The van der Waals surface area contributed by atoms with Gasteiger partial charge in [0.1, 0.15) is 0 Å². The Bertz CT molecular complexity index is 191. The third-order valence-electron chi connectivity index (χ3n) is 3.98. The largest absolute Gasteiger partial charge is 0.380 e. The highest BCUT2D eigenvalue weighted by molar-refractivity contribution is 4.75. The molecular formula is C14H27NO. The molecule has 0 spiro atoms. The fourth-order valence-electron chi connectivity index (χ4n) is 2.71. The van der Waals surface area contributed by atoms with Crippen LogP contribution in [-0.4, -0.2) is 25.8 Å². The molecule has 2 fully saturated rings. The van der Waals surface area contributed by atoms with Gasteiger partial charge in [-0.05, 0) is 31.1 Å². The van der Waals surface area contributed by atoms with Gasteiger partial charge in [0, 0.05) is 19.2 Å². The highest BCUT2D eigenvalue weighted by Crippen LogP contribution is 2.32. The van der Waals surface area contributed by atoms with Gasteiger partial charge in [-0.1, -0.05) is 32.6 Å². The van der Waals surface area contributed by atoms with Crippen LogP contribution in [0.25, 0.3) is 0 Å². The molecule has 0 radical (unpaired) electrons. The van der Waals surface area contributed by atoms with E-state index in [-0.39, 0.29) is 0 Å². The molecule has 2 nitrogen and oxygen atoms in total. The molecule has 2 rings (SSSR count). The van der Waals surface area contributed by atoms with Crippen molar-refractivity contribution in [2.75, 3.05) is 19.8 Å². The van der Waals surface area contributed by atoms with E-state index >= 15 is 0 Å². The molecule has 0 aliphatic heterocycles. The van der Waals surface area contributed by atoms with Crippen molar-refractivity contribution in [1.29, 1.82) is 0 Å². The van der Waals surface area contributed by atoms with Crippen LogP contribution in [0.3, 0.4) is 0 Å². The van der Waals surface area contributed by atoms with Gasteiger partial charge in [0.05, 0.1) is 6.61 Å². The van der Waals surface area contributed by atoms with Gasteiger partial charge in [-0.15, -0.1) is 0 Å². The third-order valence-corrected chi connectivity index (χ3v) is 3.98. The van der Waals surface area contributed by atoms with Gasteiger partial charge in [-0.25, -0.2) is 0 Å². The van der Waals surface area contributed by atoms with Crippen LogP contribution in [0, 0.1) is 11.8 Å². The lowest BCUT2D eigenvalue weighted by atomic mass is 9.87. The number of hydrogen-bond acceptors (Lipinski definition) is 2. The Morgan fingerprint density at radius 2 is 2.00 bits per heavy atom. The summed E-state index contributed by atoms with van der Waals surface area (Å²) in [6.07, 6.45) is 9.75. The van der Waals surface area contributed by atoms with Crippen molar-refractivity contribution in [3.63, 3.8) is 0 Å². The molecule has 0 amide bonds. The van der Waals surface area contributed by atoms with Crippen molar-refractivity contribution in [2.24, 2.45) is 11.8 Å². The van der Waals surface area contributed by atoms with E-state index < -0.39 is 0 Å². The van der Waals surface area contributed by atoms with Gasteiger partial charge in [-0.3, -0.25) is 0 Å². The zero-order chi connectivity index (χ0) is 11.2. The predicted octanol–water partition coefficient (Wildman–Crippen LogP) is 2.97. The minimum Gasteiger partial charge on any atom is -0.380 e. The second-order valence-corrected chi connectivity index (χ2v) is 5.77. The SMILES string of the molecule is CC1CCCC(NCCOCCC2CC2)C1. The minimum absolute atomic E-state index is 0.760. The Balaban J connectivity index is 1.41. The highest BCUT2D eigenvalue weighted by atomic mass is 16.5. The summed E-state index contributed by atoms with van der Waals surface area (Å²) in [4.78, 5) is 0. The van der Waals surface area contributed by atoms with E-state index in [0.29, 0.717) is 0 Å². The van der Waals surface area contributed by atoms with Gasteiger partial charge in [-0.2, -0.15) is 0 Å². The monoisotopic (exact) mass is 225 g/mol. The molecule has 2 saturated carbocycles. The maximum Gasteiger partial charge on any atom is 0.0591 e. The Hall–Kier alpha value is -0.0800. The molecule has 0 saturated heterocycles. The van der Waals surface area contributed by atoms with Crippen molar-refractivity contribution in [2.45, 2.75) is 57.9 Å². The minimum atomic E-state index is 0.760. The van der Waals surface area contributed by atoms with Crippen LogP contribution in [-0.2, 0) is 4.74 Å². The second kappa shape index (κ2) is 6.61. The average molecular weight is 225 g/mol. The highest BCUT2D eigenvalue weighted by Gasteiger charge is 2.20. The van der Waals surface area contributed by atoms with Crippen molar-refractivity contribution < 1.29 is 4.74 Å². The zero-order valence-corrected chi connectivity index (χ0v) is 10.7. The Kier molecular flexibility index (Phi) is 5.11. The quantitative estimate of drug-likeness (QED) is 0.673. The summed E-state index contributed by atoms with van der Waals surface area (Å²) in [6.45, 7) is 5.30. The predicted molar refractivity (Wildman–Crippen MR) is 67.6 cm³/mol. The van der Waals surface area contributed by atoms with Crippen molar-refractivity contribution in [1.82, 2.24) is 5.32 Å². The standard InChI is InChI=1S/C14H27NO/c1-12-3-2-4-14(11-12)15-8-10-16-9-7-13-5-6-13/h12-15H,2-11H2,1H3. The molecule has 2 unspecified atom stereocenters. The van der Waals surface area contributed by atoms with Crippen LogP contribution in [0.15, 0.2) is 0 Å². The maximum atomic E-state index is 5.64. The topological polar surface area (TPSA) is 21.3 Å². The van der Waals surface area contributed by atoms with Crippen molar-refractivity contribution in [3.8, 4) is 0 Å². The molecule has 16 heavy (non-hydrogen) atoms. The van der Waals surface area contributed by atoms with Gasteiger partial charge in [0.15, 0.2) is 0 Å². The first kappa shape index (κ1) is 12.4. The lowest BCUT2D eigenvalue weighted by molar-refractivity contribution is 0.125. The summed E-state index contributed by atoms with van der Waals surface area (Å²) in [6, 6.07) is 0.760. The summed E-state index contributed by atoms with van der Waals surface area (Å²) in [5, 5.41) is 3.63. The average Bonchev–Trinajstić information content (AvgIpc) is 3.07. The van der Waals surface area contributed by atoms with Gasteiger partial charge < -0.3 is 10.1 Å². The molecule has 0 bridgehead atoms. The Labute approximate surface area is 100 Å². The van der Waals surface area contributed by atoms with Crippen LogP contribution < -0.4 is 5.32 Å². The number of rotatable bonds is 7. The number of nitrogens with one attached hydrogen (secondary N) is 1. The van der Waals surface area contributed by atoms with E-state index in [4.69, 9.17) is 4.74 Å². The van der Waals surface area contributed by atoms with E-state index in [9.17, 15) is 0 Å². The fraction of sp³-hybridized carbons (Fsp3) is 1.00. The molecule has 2 atom stereocenters. The molecule has 0 aromatic carbocycles. The fourth-order valence-corrected chi connectivity index (χ4v) is 2.71. The van der Waals surface area contributed by atoms with Crippen LogP contribution >= 0.6 is 0 Å². The van der Waals surface area contributed by atoms with Crippen LogP contribution in [0.1, 0.15) is 51.9 Å². The molecule has 2 heteroatoms. The van der Waals surface area contributed by atoms with E-state index in [2.05, 4.69) is 12.2 Å². The summed E-state index contributed by atoms with van der Waals surface area (Å²) in [5.74, 6) is 1.93. The Morgan fingerprint density at radius 1 is 1.12 bits per heavy atom. The van der Waals surface area contributed by atoms with Crippen molar-refractivity contribution >= 4 is 0 Å². The van der Waals surface area contributed by atoms with Gasteiger partial charge >= 0.3 is 0 Å².